The number of carbonyl (C=O) groups is 1. The lowest BCUT2D eigenvalue weighted by molar-refractivity contribution is -0.137. The van der Waals surface area contributed by atoms with Crippen LogP contribution in [0.3, 0.4) is 0 Å². The molecule has 3 rings (SSSR count). The van der Waals surface area contributed by atoms with E-state index in [1.54, 1.807) is 6.20 Å². The Morgan fingerprint density at radius 2 is 1.90 bits per heavy atom. The van der Waals surface area contributed by atoms with Gasteiger partial charge in [0, 0.05) is 18.3 Å². The van der Waals surface area contributed by atoms with Gasteiger partial charge in [-0.25, -0.2) is 4.98 Å². The van der Waals surface area contributed by atoms with Crippen molar-refractivity contribution in [3.05, 3.63) is 58.8 Å². The molecule has 0 saturated heterocycles. The SMILES string of the molecule is NC(=O)c1cc(C(F)(F)F)ccc1C1CCC(CNc2ccc(CO)cn2)CC1. The quantitative estimate of drug-likeness (QED) is 0.673. The van der Waals surface area contributed by atoms with Crippen LogP contribution < -0.4 is 11.1 Å². The predicted molar refractivity (Wildman–Crippen MR) is 103 cm³/mol. The number of hydrogen-bond acceptors (Lipinski definition) is 4. The van der Waals surface area contributed by atoms with E-state index in [0.29, 0.717) is 11.5 Å². The number of rotatable bonds is 6. The number of alkyl halides is 3. The van der Waals surface area contributed by atoms with Crippen molar-refractivity contribution in [3.63, 3.8) is 0 Å². The number of halogens is 3. The Bertz CT molecular complexity index is 845. The largest absolute Gasteiger partial charge is 0.416 e. The van der Waals surface area contributed by atoms with Crippen LogP contribution >= 0.6 is 0 Å². The highest BCUT2D eigenvalue weighted by Gasteiger charge is 2.33. The van der Waals surface area contributed by atoms with E-state index in [1.807, 2.05) is 12.1 Å². The second kappa shape index (κ2) is 8.82. The Balaban J connectivity index is 1.60. The van der Waals surface area contributed by atoms with Gasteiger partial charge in [0.2, 0.25) is 5.91 Å². The highest BCUT2D eigenvalue weighted by Crippen LogP contribution is 2.39. The summed E-state index contributed by atoms with van der Waals surface area (Å²) < 4.78 is 38.8. The lowest BCUT2D eigenvalue weighted by Crippen LogP contribution is -2.23. The fourth-order valence-electron chi connectivity index (χ4n) is 3.85. The lowest BCUT2D eigenvalue weighted by Gasteiger charge is -2.30. The van der Waals surface area contributed by atoms with Gasteiger partial charge in [-0.2, -0.15) is 13.2 Å². The van der Waals surface area contributed by atoms with E-state index < -0.39 is 17.6 Å². The van der Waals surface area contributed by atoms with Gasteiger partial charge < -0.3 is 16.2 Å². The number of nitrogens with two attached hydrogens (primary N) is 1. The third kappa shape index (κ3) is 5.26. The fourth-order valence-corrected chi connectivity index (χ4v) is 3.85. The molecule has 0 unspecified atom stereocenters. The van der Waals surface area contributed by atoms with E-state index in [4.69, 9.17) is 10.8 Å². The summed E-state index contributed by atoms with van der Waals surface area (Å²) in [6, 6.07) is 6.92. The Morgan fingerprint density at radius 3 is 2.45 bits per heavy atom. The fraction of sp³-hybridized carbons (Fsp3) is 0.429. The van der Waals surface area contributed by atoms with Crippen molar-refractivity contribution in [2.75, 3.05) is 11.9 Å². The van der Waals surface area contributed by atoms with Crippen molar-refractivity contribution in [2.45, 2.75) is 44.4 Å². The second-order valence-corrected chi connectivity index (χ2v) is 7.47. The van der Waals surface area contributed by atoms with E-state index in [9.17, 15) is 18.0 Å². The summed E-state index contributed by atoms with van der Waals surface area (Å²) in [6.07, 6.45) is 0.478. The Labute approximate surface area is 167 Å². The summed E-state index contributed by atoms with van der Waals surface area (Å²) in [4.78, 5) is 16.0. The van der Waals surface area contributed by atoms with Gasteiger partial charge in [0.05, 0.1) is 12.2 Å². The summed E-state index contributed by atoms with van der Waals surface area (Å²) in [5.41, 5.74) is 5.83. The van der Waals surface area contributed by atoms with Gasteiger partial charge in [-0.1, -0.05) is 12.1 Å². The minimum atomic E-state index is -4.50. The van der Waals surface area contributed by atoms with Crippen LogP contribution in [0, 0.1) is 5.92 Å². The molecule has 1 heterocycles. The molecule has 156 valence electrons. The van der Waals surface area contributed by atoms with Gasteiger partial charge in [0.15, 0.2) is 0 Å². The molecule has 0 radical (unpaired) electrons. The van der Waals surface area contributed by atoms with Crippen molar-refractivity contribution in [1.29, 1.82) is 0 Å². The first-order valence-corrected chi connectivity index (χ1v) is 9.58. The normalized spacial score (nSPS) is 19.7. The minimum Gasteiger partial charge on any atom is -0.392 e. The van der Waals surface area contributed by atoms with Gasteiger partial charge in [-0.05, 0) is 66.8 Å². The Hall–Kier alpha value is -2.61. The number of aliphatic hydroxyl groups excluding tert-OH is 1. The van der Waals surface area contributed by atoms with Gasteiger partial charge in [0.1, 0.15) is 5.82 Å². The molecule has 1 fully saturated rings. The molecule has 5 nitrogen and oxygen atoms in total. The molecule has 0 aliphatic heterocycles. The maximum atomic E-state index is 12.9. The van der Waals surface area contributed by atoms with Crippen LogP contribution in [-0.2, 0) is 12.8 Å². The van der Waals surface area contributed by atoms with E-state index in [1.165, 1.54) is 6.07 Å². The molecule has 0 atom stereocenters. The lowest BCUT2D eigenvalue weighted by atomic mass is 9.77. The van der Waals surface area contributed by atoms with Crippen molar-refractivity contribution < 1.29 is 23.1 Å². The summed E-state index contributed by atoms with van der Waals surface area (Å²) in [5.74, 6) is 0.352. The van der Waals surface area contributed by atoms with Crippen LogP contribution in [-0.4, -0.2) is 22.5 Å². The van der Waals surface area contributed by atoms with Crippen LogP contribution in [0.25, 0.3) is 0 Å². The number of anilines is 1. The molecule has 1 amide bonds. The Morgan fingerprint density at radius 1 is 1.17 bits per heavy atom. The summed E-state index contributed by atoms with van der Waals surface area (Å²) in [5, 5.41) is 12.3. The zero-order valence-electron chi connectivity index (χ0n) is 15.9. The smallest absolute Gasteiger partial charge is 0.392 e. The third-order valence-corrected chi connectivity index (χ3v) is 5.51. The zero-order valence-corrected chi connectivity index (χ0v) is 15.9. The molecule has 1 aromatic heterocycles. The molecular formula is C21H24F3N3O2. The maximum absolute atomic E-state index is 12.9. The van der Waals surface area contributed by atoms with Crippen molar-refractivity contribution >= 4 is 11.7 Å². The molecule has 0 bridgehead atoms. The number of pyridine rings is 1. The standard InChI is InChI=1S/C21H24F3N3O2/c22-21(23,24)16-6-7-17(18(9-16)20(25)29)15-4-1-13(2-5-15)10-26-19-8-3-14(12-28)11-27-19/h3,6-9,11,13,15,28H,1-2,4-5,10,12H2,(H2,25,29)(H,26,27). The van der Waals surface area contributed by atoms with Crippen molar-refractivity contribution in [1.82, 2.24) is 4.98 Å². The van der Waals surface area contributed by atoms with Gasteiger partial charge >= 0.3 is 6.18 Å². The summed E-state index contributed by atoms with van der Waals surface area (Å²) >= 11 is 0. The number of nitrogens with one attached hydrogen (secondary N) is 1. The van der Waals surface area contributed by atoms with E-state index in [2.05, 4.69) is 10.3 Å². The number of aromatic nitrogens is 1. The van der Waals surface area contributed by atoms with Crippen LogP contribution in [0.5, 0.6) is 0 Å². The number of nitrogens with zero attached hydrogens (tertiary/aromatic N) is 1. The zero-order chi connectivity index (χ0) is 21.0. The van der Waals surface area contributed by atoms with E-state index >= 15 is 0 Å². The third-order valence-electron chi connectivity index (χ3n) is 5.51. The van der Waals surface area contributed by atoms with Crippen LogP contribution in [0.15, 0.2) is 36.5 Å². The average Bonchev–Trinajstić information content (AvgIpc) is 2.72. The van der Waals surface area contributed by atoms with Gasteiger partial charge in [0.25, 0.3) is 0 Å². The average molecular weight is 407 g/mol. The van der Waals surface area contributed by atoms with Crippen LogP contribution in [0.1, 0.15) is 58.6 Å². The number of benzene rings is 1. The first-order chi connectivity index (χ1) is 13.8. The van der Waals surface area contributed by atoms with Crippen LogP contribution in [0.2, 0.25) is 0 Å². The molecule has 2 aromatic rings. The molecule has 29 heavy (non-hydrogen) atoms. The first kappa shape index (κ1) is 21.1. The minimum absolute atomic E-state index is 0.0259. The van der Waals surface area contributed by atoms with Gasteiger partial charge in [-0.3, -0.25) is 4.79 Å². The molecule has 8 heteroatoms. The van der Waals surface area contributed by atoms with Crippen LogP contribution in [0.4, 0.5) is 19.0 Å². The molecule has 0 spiro atoms. The number of amides is 1. The van der Waals surface area contributed by atoms with E-state index in [-0.39, 0.29) is 18.1 Å². The molecular weight excluding hydrogens is 383 g/mol. The topological polar surface area (TPSA) is 88.2 Å². The highest BCUT2D eigenvalue weighted by atomic mass is 19.4. The first-order valence-electron chi connectivity index (χ1n) is 9.58. The van der Waals surface area contributed by atoms with E-state index in [0.717, 1.165) is 55.7 Å². The predicted octanol–water partition coefficient (Wildman–Crippen LogP) is 4.08. The molecule has 4 N–H and O–H groups in total. The second-order valence-electron chi connectivity index (χ2n) is 7.47. The number of carbonyl (C=O) groups excluding carboxylic acids is 1. The summed E-state index contributed by atoms with van der Waals surface area (Å²) in [7, 11) is 0. The van der Waals surface area contributed by atoms with Crippen molar-refractivity contribution in [2.24, 2.45) is 11.7 Å². The van der Waals surface area contributed by atoms with Gasteiger partial charge in [-0.15, -0.1) is 0 Å². The Kier molecular flexibility index (Phi) is 6.42. The number of aliphatic hydroxyl groups is 1. The van der Waals surface area contributed by atoms with Crippen molar-refractivity contribution in [3.8, 4) is 0 Å². The monoisotopic (exact) mass is 407 g/mol. The molecule has 1 saturated carbocycles. The molecule has 1 aromatic carbocycles. The number of primary amides is 1. The molecule has 1 aliphatic carbocycles. The molecule has 1 aliphatic rings. The highest BCUT2D eigenvalue weighted by molar-refractivity contribution is 5.94. The summed E-state index contributed by atoms with van der Waals surface area (Å²) in [6.45, 7) is 0.697. The number of hydrogen-bond donors (Lipinski definition) is 3. The maximum Gasteiger partial charge on any atom is 0.416 e.